The van der Waals surface area contributed by atoms with Crippen LogP contribution in [0.2, 0.25) is 0 Å². The zero-order valence-electron chi connectivity index (χ0n) is 12.6. The number of aromatic nitrogens is 2. The Morgan fingerprint density at radius 1 is 1.50 bits per heavy atom. The van der Waals surface area contributed by atoms with Gasteiger partial charge in [-0.05, 0) is 31.9 Å². The van der Waals surface area contributed by atoms with Crippen molar-refractivity contribution < 1.29 is 4.74 Å². The first-order chi connectivity index (χ1) is 9.76. The molecule has 0 bridgehead atoms. The molecule has 1 aromatic rings. The average molecular weight is 278 g/mol. The highest BCUT2D eigenvalue weighted by Crippen LogP contribution is 2.22. The zero-order chi connectivity index (χ0) is 13.9. The van der Waals surface area contributed by atoms with E-state index in [1.54, 1.807) is 0 Å². The van der Waals surface area contributed by atoms with E-state index < -0.39 is 0 Å². The van der Waals surface area contributed by atoms with Gasteiger partial charge in [-0.2, -0.15) is 5.10 Å². The summed E-state index contributed by atoms with van der Waals surface area (Å²) in [6.07, 6.45) is 3.98. The quantitative estimate of drug-likeness (QED) is 0.870. The molecule has 2 saturated heterocycles. The van der Waals surface area contributed by atoms with Crippen molar-refractivity contribution in [2.24, 2.45) is 7.05 Å². The van der Waals surface area contributed by atoms with Crippen LogP contribution < -0.4 is 5.32 Å². The van der Waals surface area contributed by atoms with E-state index in [2.05, 4.69) is 28.3 Å². The van der Waals surface area contributed by atoms with Gasteiger partial charge in [-0.3, -0.25) is 9.58 Å². The Morgan fingerprint density at radius 3 is 3.20 bits per heavy atom. The van der Waals surface area contributed by atoms with Crippen molar-refractivity contribution in [1.82, 2.24) is 20.0 Å². The number of rotatable bonds is 5. The second-order valence-corrected chi connectivity index (χ2v) is 5.98. The first-order valence-electron chi connectivity index (χ1n) is 7.84. The van der Waals surface area contributed by atoms with E-state index in [9.17, 15) is 0 Å². The van der Waals surface area contributed by atoms with Gasteiger partial charge in [0.25, 0.3) is 0 Å². The molecule has 0 aliphatic carbocycles. The lowest BCUT2D eigenvalue weighted by Gasteiger charge is -2.35. The number of hydrogen-bond acceptors (Lipinski definition) is 4. The molecule has 0 radical (unpaired) electrons. The lowest BCUT2D eigenvalue weighted by Crippen LogP contribution is -2.49. The van der Waals surface area contributed by atoms with Crippen LogP contribution >= 0.6 is 0 Å². The van der Waals surface area contributed by atoms with Gasteiger partial charge in [0.1, 0.15) is 0 Å². The highest BCUT2D eigenvalue weighted by molar-refractivity contribution is 5.09. The number of fused-ring (bicyclic) bond motifs is 1. The predicted octanol–water partition coefficient (Wildman–Crippen LogP) is 0.935. The molecule has 2 aliphatic heterocycles. The molecular formula is C15H26N4O. The van der Waals surface area contributed by atoms with Gasteiger partial charge in [-0.1, -0.05) is 6.92 Å². The summed E-state index contributed by atoms with van der Waals surface area (Å²) in [6, 6.07) is 2.88. The fraction of sp³-hybridized carbons (Fsp3) is 0.800. The van der Waals surface area contributed by atoms with Crippen LogP contribution in [0.25, 0.3) is 0 Å². The minimum Gasteiger partial charge on any atom is -0.374 e. The molecule has 0 spiro atoms. The summed E-state index contributed by atoms with van der Waals surface area (Å²) in [6.45, 7) is 7.19. The lowest BCUT2D eigenvalue weighted by atomic mass is 10.2. The summed E-state index contributed by atoms with van der Waals surface area (Å²) < 4.78 is 7.94. The summed E-state index contributed by atoms with van der Waals surface area (Å²) >= 11 is 0. The molecule has 5 nitrogen and oxygen atoms in total. The normalized spacial score (nSPS) is 26.9. The SMILES string of the molecule is CCc1cc(CNCC2CN3CCCC3CO2)n(C)n1. The highest BCUT2D eigenvalue weighted by Gasteiger charge is 2.31. The van der Waals surface area contributed by atoms with Gasteiger partial charge >= 0.3 is 0 Å². The van der Waals surface area contributed by atoms with E-state index in [0.29, 0.717) is 12.1 Å². The van der Waals surface area contributed by atoms with Crippen molar-refractivity contribution >= 4 is 0 Å². The Kier molecular flexibility index (Phi) is 4.38. The highest BCUT2D eigenvalue weighted by atomic mass is 16.5. The fourth-order valence-electron chi connectivity index (χ4n) is 3.28. The van der Waals surface area contributed by atoms with E-state index in [0.717, 1.165) is 38.4 Å². The maximum Gasteiger partial charge on any atom is 0.0827 e. The van der Waals surface area contributed by atoms with Crippen LogP contribution in [-0.4, -0.2) is 53.1 Å². The molecule has 0 saturated carbocycles. The number of aryl methyl sites for hydroxylation is 2. The van der Waals surface area contributed by atoms with Gasteiger partial charge in [0, 0.05) is 32.7 Å². The summed E-state index contributed by atoms with van der Waals surface area (Å²) in [5.74, 6) is 0. The Balaban J connectivity index is 1.44. The third-order valence-corrected chi connectivity index (χ3v) is 4.53. The third kappa shape index (κ3) is 3.05. The monoisotopic (exact) mass is 278 g/mol. The molecule has 2 unspecified atom stereocenters. The standard InChI is InChI=1S/C15H26N4O/c1-3-12-7-14(18(2)17-12)8-16-9-15-10-19-6-4-5-13(19)11-20-15/h7,13,15-16H,3-6,8-11H2,1-2H3. The minimum atomic E-state index is 0.336. The van der Waals surface area contributed by atoms with Gasteiger partial charge in [0.15, 0.2) is 0 Å². The minimum absolute atomic E-state index is 0.336. The molecule has 1 aromatic heterocycles. The van der Waals surface area contributed by atoms with E-state index in [4.69, 9.17) is 4.74 Å². The molecule has 0 amide bonds. The second-order valence-electron chi connectivity index (χ2n) is 5.98. The van der Waals surface area contributed by atoms with Gasteiger partial charge < -0.3 is 10.1 Å². The van der Waals surface area contributed by atoms with Crippen molar-refractivity contribution in [3.8, 4) is 0 Å². The fourth-order valence-corrected chi connectivity index (χ4v) is 3.28. The van der Waals surface area contributed by atoms with Gasteiger partial charge in [-0.15, -0.1) is 0 Å². The van der Waals surface area contributed by atoms with Crippen LogP contribution in [0.4, 0.5) is 0 Å². The molecule has 0 aromatic carbocycles. The summed E-state index contributed by atoms with van der Waals surface area (Å²) in [7, 11) is 2.02. The largest absolute Gasteiger partial charge is 0.374 e. The molecule has 2 fully saturated rings. The van der Waals surface area contributed by atoms with E-state index >= 15 is 0 Å². The number of nitrogens with one attached hydrogen (secondary N) is 1. The molecular weight excluding hydrogens is 252 g/mol. The molecule has 20 heavy (non-hydrogen) atoms. The Hall–Kier alpha value is -0.910. The van der Waals surface area contributed by atoms with Gasteiger partial charge in [0.05, 0.1) is 24.1 Å². The lowest BCUT2D eigenvalue weighted by molar-refractivity contribution is -0.0470. The smallest absolute Gasteiger partial charge is 0.0827 e. The van der Waals surface area contributed by atoms with E-state index in [-0.39, 0.29) is 0 Å². The first kappa shape index (κ1) is 14.0. The summed E-state index contributed by atoms with van der Waals surface area (Å²) in [4.78, 5) is 2.59. The van der Waals surface area contributed by atoms with Gasteiger partial charge in [-0.25, -0.2) is 0 Å². The second kappa shape index (κ2) is 6.24. The molecule has 1 N–H and O–H groups in total. The molecule has 3 rings (SSSR count). The van der Waals surface area contributed by atoms with Crippen molar-refractivity contribution in [1.29, 1.82) is 0 Å². The van der Waals surface area contributed by atoms with Crippen LogP contribution in [0.3, 0.4) is 0 Å². The van der Waals surface area contributed by atoms with Crippen molar-refractivity contribution in [3.63, 3.8) is 0 Å². The number of ether oxygens (including phenoxy) is 1. The predicted molar refractivity (Wildman–Crippen MR) is 78.6 cm³/mol. The van der Waals surface area contributed by atoms with E-state index in [1.807, 2.05) is 11.7 Å². The zero-order valence-corrected chi connectivity index (χ0v) is 12.6. The maximum absolute atomic E-state index is 5.96. The van der Waals surface area contributed by atoms with Crippen LogP contribution in [0, 0.1) is 0 Å². The van der Waals surface area contributed by atoms with Crippen molar-refractivity contribution in [3.05, 3.63) is 17.5 Å². The molecule has 112 valence electrons. The van der Waals surface area contributed by atoms with E-state index in [1.165, 1.54) is 25.1 Å². The number of morpholine rings is 1. The van der Waals surface area contributed by atoms with Crippen molar-refractivity contribution in [2.45, 2.75) is 44.9 Å². The maximum atomic E-state index is 5.96. The molecule has 2 atom stereocenters. The Morgan fingerprint density at radius 2 is 2.40 bits per heavy atom. The third-order valence-electron chi connectivity index (χ3n) is 4.53. The van der Waals surface area contributed by atoms with Crippen LogP contribution in [0.5, 0.6) is 0 Å². The molecule has 3 heterocycles. The number of hydrogen-bond donors (Lipinski definition) is 1. The summed E-state index contributed by atoms with van der Waals surface area (Å²) in [5, 5.41) is 7.99. The average Bonchev–Trinajstić information content (AvgIpc) is 3.05. The van der Waals surface area contributed by atoms with Crippen molar-refractivity contribution in [2.75, 3.05) is 26.2 Å². The Labute approximate surface area is 121 Å². The topological polar surface area (TPSA) is 42.3 Å². The number of nitrogens with zero attached hydrogens (tertiary/aromatic N) is 3. The van der Waals surface area contributed by atoms with Crippen LogP contribution in [-0.2, 0) is 24.8 Å². The van der Waals surface area contributed by atoms with Crippen LogP contribution in [0.1, 0.15) is 31.2 Å². The Bertz CT molecular complexity index is 445. The first-order valence-corrected chi connectivity index (χ1v) is 7.84. The van der Waals surface area contributed by atoms with Crippen LogP contribution in [0.15, 0.2) is 6.07 Å². The molecule has 5 heteroatoms. The molecule has 2 aliphatic rings. The summed E-state index contributed by atoms with van der Waals surface area (Å²) in [5.41, 5.74) is 2.41. The van der Waals surface area contributed by atoms with Gasteiger partial charge in [0.2, 0.25) is 0 Å².